The average Bonchev–Trinajstić information content (AvgIpc) is 2.65. The third-order valence-electron chi connectivity index (χ3n) is 4.53. The number of hydrogen-bond donors (Lipinski definition) is 1. The highest BCUT2D eigenvalue weighted by atomic mass is 35.5. The zero-order valence-corrected chi connectivity index (χ0v) is 18.0. The molecule has 1 aliphatic heterocycles. The Morgan fingerprint density at radius 3 is 2.26 bits per heavy atom. The summed E-state index contributed by atoms with van der Waals surface area (Å²) < 4.78 is 53.9. The zero-order chi connectivity index (χ0) is 19.9. The lowest BCUT2D eigenvalue weighted by Crippen LogP contribution is -2.48. The van der Waals surface area contributed by atoms with Gasteiger partial charge in [0.05, 0.1) is 10.6 Å². The van der Waals surface area contributed by atoms with Crippen molar-refractivity contribution in [1.29, 1.82) is 0 Å². The summed E-state index contributed by atoms with van der Waals surface area (Å²) in [5, 5.41) is 3.56. The molecule has 0 aromatic heterocycles. The van der Waals surface area contributed by atoms with Crippen LogP contribution in [-0.4, -0.2) is 70.5 Å². The summed E-state index contributed by atoms with van der Waals surface area (Å²) in [6.45, 7) is 4.35. The molecule has 1 N–H and O–H groups in total. The van der Waals surface area contributed by atoms with Gasteiger partial charge in [-0.3, -0.25) is 0 Å². The third kappa shape index (κ3) is 6.40. The Morgan fingerprint density at radius 1 is 1.04 bits per heavy atom. The fraction of sp³-hybridized carbons (Fsp3) is 0.647. The van der Waals surface area contributed by atoms with Gasteiger partial charge >= 0.3 is 0 Å². The lowest BCUT2D eigenvalue weighted by atomic mass is 10.2. The van der Waals surface area contributed by atoms with Crippen LogP contribution >= 0.6 is 11.6 Å². The van der Waals surface area contributed by atoms with E-state index in [2.05, 4.69) is 5.32 Å². The van der Waals surface area contributed by atoms with Crippen LogP contribution in [0.25, 0.3) is 0 Å². The van der Waals surface area contributed by atoms with Gasteiger partial charge in [0.2, 0.25) is 20.0 Å². The van der Waals surface area contributed by atoms with Gasteiger partial charge in [-0.25, -0.2) is 16.8 Å². The second kappa shape index (κ2) is 10.2. The van der Waals surface area contributed by atoms with E-state index < -0.39 is 20.0 Å². The number of benzene rings is 1. The van der Waals surface area contributed by atoms with Gasteiger partial charge in [0, 0.05) is 44.3 Å². The van der Waals surface area contributed by atoms with Crippen molar-refractivity contribution in [1.82, 2.24) is 13.9 Å². The van der Waals surface area contributed by atoms with Crippen molar-refractivity contribution in [3.8, 4) is 0 Å². The fourth-order valence-corrected chi connectivity index (χ4v) is 6.08. The van der Waals surface area contributed by atoms with Crippen molar-refractivity contribution >= 4 is 31.6 Å². The van der Waals surface area contributed by atoms with Crippen LogP contribution in [0.1, 0.15) is 26.2 Å². The Labute approximate surface area is 167 Å². The standard InChI is InChI=1S/C17H28ClN3O4S2/c1-2-3-4-11-21(27(24,25)17-7-5-16(18)6-8-17)14-15-26(22,23)20-12-9-19-10-13-20/h5-8,19H,2-4,9-15H2,1H3. The molecule has 27 heavy (non-hydrogen) atoms. The normalized spacial score (nSPS) is 16.7. The maximum atomic E-state index is 13.0. The molecular formula is C17H28ClN3O4S2. The van der Waals surface area contributed by atoms with Crippen LogP contribution in [0.3, 0.4) is 0 Å². The molecule has 1 fully saturated rings. The van der Waals surface area contributed by atoms with Crippen LogP contribution in [0.5, 0.6) is 0 Å². The highest BCUT2D eigenvalue weighted by Crippen LogP contribution is 2.19. The van der Waals surface area contributed by atoms with Crippen LogP contribution in [0.15, 0.2) is 29.2 Å². The van der Waals surface area contributed by atoms with Crippen LogP contribution in [0.4, 0.5) is 0 Å². The molecule has 0 amide bonds. The molecule has 10 heteroatoms. The molecule has 0 bridgehead atoms. The van der Waals surface area contributed by atoms with Gasteiger partial charge in [-0.2, -0.15) is 8.61 Å². The number of rotatable bonds is 10. The molecule has 1 aromatic carbocycles. The molecule has 2 rings (SSSR count). The average molecular weight is 438 g/mol. The first-order valence-corrected chi connectivity index (χ1v) is 12.6. The van der Waals surface area contributed by atoms with Gasteiger partial charge in [0.25, 0.3) is 0 Å². The van der Waals surface area contributed by atoms with Gasteiger partial charge in [0.1, 0.15) is 0 Å². The number of piperazine rings is 1. The Bertz CT molecular complexity index is 792. The van der Waals surface area contributed by atoms with Crippen molar-refractivity contribution in [2.45, 2.75) is 31.1 Å². The van der Waals surface area contributed by atoms with Crippen molar-refractivity contribution in [2.75, 3.05) is 45.0 Å². The summed E-state index contributed by atoms with van der Waals surface area (Å²) in [6, 6.07) is 5.96. The summed E-state index contributed by atoms with van der Waals surface area (Å²) in [4.78, 5) is 0.128. The lowest BCUT2D eigenvalue weighted by molar-refractivity contribution is 0.355. The molecule has 1 heterocycles. The number of hydrogen-bond acceptors (Lipinski definition) is 5. The first-order valence-electron chi connectivity index (χ1n) is 9.21. The van der Waals surface area contributed by atoms with E-state index in [0.29, 0.717) is 44.2 Å². The highest BCUT2D eigenvalue weighted by Gasteiger charge is 2.29. The third-order valence-corrected chi connectivity index (χ3v) is 8.55. The molecule has 154 valence electrons. The smallest absolute Gasteiger partial charge is 0.243 e. The molecule has 7 nitrogen and oxygen atoms in total. The minimum Gasteiger partial charge on any atom is -0.314 e. The molecule has 0 unspecified atom stereocenters. The monoisotopic (exact) mass is 437 g/mol. The number of nitrogens with one attached hydrogen (secondary N) is 1. The SMILES string of the molecule is CCCCCN(CCS(=O)(=O)N1CCNCC1)S(=O)(=O)c1ccc(Cl)cc1. The van der Waals surface area contributed by atoms with Crippen molar-refractivity contribution in [2.24, 2.45) is 0 Å². The Hall–Kier alpha value is -0.710. The molecule has 1 aliphatic rings. The largest absolute Gasteiger partial charge is 0.314 e. The van der Waals surface area contributed by atoms with Gasteiger partial charge in [-0.05, 0) is 30.7 Å². The van der Waals surface area contributed by atoms with E-state index in [0.717, 1.165) is 12.8 Å². The van der Waals surface area contributed by atoms with Gasteiger partial charge in [-0.1, -0.05) is 31.4 Å². The minimum absolute atomic E-state index is 0.0546. The molecule has 0 radical (unpaired) electrons. The topological polar surface area (TPSA) is 86.8 Å². The van der Waals surface area contributed by atoms with Crippen molar-refractivity contribution < 1.29 is 16.8 Å². The Balaban J connectivity index is 2.14. The van der Waals surface area contributed by atoms with E-state index in [1.165, 1.54) is 32.9 Å². The van der Waals surface area contributed by atoms with Gasteiger partial charge < -0.3 is 5.32 Å². The molecule has 1 aromatic rings. The quantitative estimate of drug-likeness (QED) is 0.563. The predicted molar refractivity (Wildman–Crippen MR) is 108 cm³/mol. The van der Waals surface area contributed by atoms with E-state index in [-0.39, 0.29) is 17.2 Å². The van der Waals surface area contributed by atoms with Crippen LogP contribution in [0.2, 0.25) is 5.02 Å². The maximum Gasteiger partial charge on any atom is 0.243 e. The Morgan fingerprint density at radius 2 is 1.67 bits per heavy atom. The molecule has 0 aliphatic carbocycles. The maximum absolute atomic E-state index is 13.0. The van der Waals surface area contributed by atoms with Crippen molar-refractivity contribution in [3.05, 3.63) is 29.3 Å². The molecule has 0 saturated carbocycles. The summed E-state index contributed by atoms with van der Waals surface area (Å²) in [5.74, 6) is -0.216. The van der Waals surface area contributed by atoms with Gasteiger partial charge in [0.15, 0.2) is 0 Å². The molecule has 1 saturated heterocycles. The number of nitrogens with zero attached hydrogens (tertiary/aromatic N) is 2. The summed E-state index contributed by atoms with van der Waals surface area (Å²) in [6.07, 6.45) is 2.53. The molecule has 0 spiro atoms. The second-order valence-electron chi connectivity index (χ2n) is 6.53. The van der Waals surface area contributed by atoms with Crippen molar-refractivity contribution in [3.63, 3.8) is 0 Å². The zero-order valence-electron chi connectivity index (χ0n) is 15.6. The highest BCUT2D eigenvalue weighted by molar-refractivity contribution is 7.90. The first kappa shape index (κ1) is 22.6. The molecule has 0 atom stereocenters. The summed E-state index contributed by atoms with van der Waals surface area (Å²) >= 11 is 5.85. The number of sulfonamides is 2. The van der Waals surface area contributed by atoms with Crippen LogP contribution in [-0.2, 0) is 20.0 Å². The summed E-state index contributed by atoms with van der Waals surface area (Å²) in [5.41, 5.74) is 0. The van der Waals surface area contributed by atoms with Gasteiger partial charge in [-0.15, -0.1) is 0 Å². The Kier molecular flexibility index (Phi) is 8.51. The van der Waals surface area contributed by atoms with E-state index in [9.17, 15) is 16.8 Å². The first-order chi connectivity index (χ1) is 12.8. The summed E-state index contributed by atoms with van der Waals surface area (Å²) in [7, 11) is -7.26. The predicted octanol–water partition coefficient (Wildman–Crippen LogP) is 1.76. The van der Waals surface area contributed by atoms with E-state index in [1.54, 1.807) is 0 Å². The fourth-order valence-electron chi connectivity index (χ4n) is 2.91. The van der Waals surface area contributed by atoms with Crippen LogP contribution in [0, 0.1) is 0 Å². The second-order valence-corrected chi connectivity index (χ2v) is 11.0. The van der Waals surface area contributed by atoms with E-state index >= 15 is 0 Å². The molecular weight excluding hydrogens is 410 g/mol. The lowest BCUT2D eigenvalue weighted by Gasteiger charge is -2.28. The van der Waals surface area contributed by atoms with Crippen LogP contribution < -0.4 is 5.32 Å². The number of halogens is 1. The minimum atomic E-state index is -3.77. The number of unbranched alkanes of at least 4 members (excludes halogenated alkanes) is 2. The van der Waals surface area contributed by atoms with E-state index in [4.69, 9.17) is 11.6 Å². The van der Waals surface area contributed by atoms with E-state index in [1.807, 2.05) is 6.92 Å².